The lowest BCUT2D eigenvalue weighted by atomic mass is 10.1. The molecule has 0 heterocycles. The summed E-state index contributed by atoms with van der Waals surface area (Å²) in [4.78, 5) is 4.62. The van der Waals surface area contributed by atoms with Gasteiger partial charge in [0.15, 0.2) is 11.9 Å². The van der Waals surface area contributed by atoms with E-state index in [2.05, 4.69) is 16.7 Å². The molecule has 0 aromatic heterocycles. The van der Waals surface area contributed by atoms with Crippen molar-refractivity contribution in [3.05, 3.63) is 34.4 Å². The molecule has 0 aliphatic carbocycles. The minimum atomic E-state index is -0.855. The summed E-state index contributed by atoms with van der Waals surface area (Å²) in [5, 5.41) is 2.95. The Labute approximate surface area is 85.1 Å². The van der Waals surface area contributed by atoms with Crippen LogP contribution in [0.1, 0.15) is 18.6 Å². The van der Waals surface area contributed by atoms with Gasteiger partial charge in [0, 0.05) is 6.72 Å². The van der Waals surface area contributed by atoms with Crippen LogP contribution < -0.4 is 0 Å². The van der Waals surface area contributed by atoms with E-state index in [1.165, 1.54) is 6.92 Å². The average molecular weight is 220 g/mol. The van der Waals surface area contributed by atoms with E-state index in [9.17, 15) is 8.78 Å². The average Bonchev–Trinajstić information content (AvgIpc) is 2.13. The maximum Gasteiger partial charge on any atom is 0.155 e. The second-order valence-electron chi connectivity index (χ2n) is 2.63. The van der Waals surface area contributed by atoms with Gasteiger partial charge in [-0.3, -0.25) is 0 Å². The van der Waals surface area contributed by atoms with Gasteiger partial charge in [0.1, 0.15) is 5.82 Å². The van der Waals surface area contributed by atoms with Crippen molar-refractivity contribution in [1.29, 1.82) is 0 Å². The molecule has 1 unspecified atom stereocenters. The van der Waals surface area contributed by atoms with Gasteiger partial charge in [0.05, 0.1) is 10.6 Å². The highest BCUT2D eigenvalue weighted by Crippen LogP contribution is 2.28. The summed E-state index contributed by atoms with van der Waals surface area (Å²) in [6, 6.07) is 2.22. The summed E-state index contributed by atoms with van der Waals surface area (Å²) in [5.41, 5.74) is -0.245. The fraction of sp³-hybridized carbons (Fsp3) is 0.222. The van der Waals surface area contributed by atoms with E-state index in [1.807, 2.05) is 0 Å². The third kappa shape index (κ3) is 2.01. The summed E-state index contributed by atoms with van der Waals surface area (Å²) in [6.07, 6.45) is -0.855. The highest BCUT2D eigenvalue weighted by atomic mass is 35.5. The predicted molar refractivity (Wildman–Crippen MR) is 50.4 cm³/mol. The van der Waals surface area contributed by atoms with E-state index >= 15 is 0 Å². The predicted octanol–water partition coefficient (Wildman–Crippen LogP) is 3.31. The van der Waals surface area contributed by atoms with Crippen LogP contribution in [0.2, 0.25) is 5.02 Å². The minimum Gasteiger partial charge on any atom is -0.388 e. The van der Waals surface area contributed by atoms with Crippen LogP contribution in [0, 0.1) is 11.6 Å². The van der Waals surface area contributed by atoms with Gasteiger partial charge >= 0.3 is 0 Å². The van der Waals surface area contributed by atoms with E-state index in [1.54, 1.807) is 0 Å². The molecule has 0 fully saturated rings. The Hall–Kier alpha value is -1.16. The molecule has 0 aliphatic heterocycles. The Bertz CT molecular complexity index is 357. The second-order valence-corrected chi connectivity index (χ2v) is 3.04. The first kappa shape index (κ1) is 10.9. The molecular weight excluding hydrogens is 212 g/mol. The Morgan fingerprint density at radius 1 is 1.50 bits per heavy atom. The van der Waals surface area contributed by atoms with Gasteiger partial charge in [-0.25, -0.2) is 8.78 Å². The van der Waals surface area contributed by atoms with Crippen molar-refractivity contribution in [2.75, 3.05) is 0 Å². The van der Waals surface area contributed by atoms with Crippen LogP contribution in [-0.4, -0.2) is 6.72 Å². The number of rotatable bonds is 3. The van der Waals surface area contributed by atoms with E-state index in [0.717, 1.165) is 12.1 Å². The van der Waals surface area contributed by atoms with Crippen molar-refractivity contribution in [2.24, 2.45) is 5.16 Å². The molecular formula is C9H8ClF2NO. The lowest BCUT2D eigenvalue weighted by Crippen LogP contribution is -2.03. The molecule has 2 nitrogen and oxygen atoms in total. The van der Waals surface area contributed by atoms with Crippen LogP contribution in [0.4, 0.5) is 8.78 Å². The number of hydrogen-bond donors (Lipinski definition) is 0. The molecule has 5 heteroatoms. The first-order valence-corrected chi connectivity index (χ1v) is 4.21. The van der Waals surface area contributed by atoms with Crippen molar-refractivity contribution in [3.8, 4) is 0 Å². The van der Waals surface area contributed by atoms with Crippen molar-refractivity contribution in [3.63, 3.8) is 0 Å². The lowest BCUT2D eigenvalue weighted by Gasteiger charge is -2.11. The topological polar surface area (TPSA) is 21.6 Å². The SMILES string of the molecule is C=NOC(C)c1c(F)ccc(Cl)c1F. The van der Waals surface area contributed by atoms with Gasteiger partial charge < -0.3 is 4.84 Å². The molecule has 1 aromatic rings. The van der Waals surface area contributed by atoms with Crippen LogP contribution in [0.25, 0.3) is 0 Å². The van der Waals surface area contributed by atoms with Gasteiger partial charge in [-0.15, -0.1) is 5.16 Å². The smallest absolute Gasteiger partial charge is 0.155 e. The first-order chi connectivity index (χ1) is 6.57. The number of oxime groups is 1. The fourth-order valence-corrected chi connectivity index (χ4v) is 1.24. The Morgan fingerprint density at radius 3 is 2.71 bits per heavy atom. The van der Waals surface area contributed by atoms with Gasteiger partial charge in [-0.1, -0.05) is 11.6 Å². The van der Waals surface area contributed by atoms with Gasteiger partial charge in [-0.2, -0.15) is 0 Å². The molecule has 0 spiro atoms. The first-order valence-electron chi connectivity index (χ1n) is 3.83. The largest absolute Gasteiger partial charge is 0.388 e. The van der Waals surface area contributed by atoms with Crippen molar-refractivity contribution in [1.82, 2.24) is 0 Å². The molecule has 0 amide bonds. The maximum atomic E-state index is 13.3. The molecule has 1 aromatic carbocycles. The van der Waals surface area contributed by atoms with Crippen molar-refractivity contribution < 1.29 is 13.6 Å². The quantitative estimate of drug-likeness (QED) is 0.434. The zero-order valence-corrected chi connectivity index (χ0v) is 8.18. The molecule has 0 radical (unpaired) electrons. The van der Waals surface area contributed by atoms with E-state index < -0.39 is 17.7 Å². The maximum absolute atomic E-state index is 13.3. The van der Waals surface area contributed by atoms with Crippen molar-refractivity contribution in [2.45, 2.75) is 13.0 Å². The Kier molecular flexibility index (Phi) is 3.41. The molecule has 0 aliphatic rings. The molecule has 0 saturated carbocycles. The highest BCUT2D eigenvalue weighted by molar-refractivity contribution is 6.30. The van der Waals surface area contributed by atoms with E-state index in [-0.39, 0.29) is 10.6 Å². The van der Waals surface area contributed by atoms with Crippen LogP contribution in [0.5, 0.6) is 0 Å². The summed E-state index contributed by atoms with van der Waals surface area (Å²) < 4.78 is 26.5. The van der Waals surface area contributed by atoms with Crippen LogP contribution in [-0.2, 0) is 4.84 Å². The Morgan fingerprint density at radius 2 is 2.14 bits per heavy atom. The zero-order valence-electron chi connectivity index (χ0n) is 7.43. The molecule has 0 saturated heterocycles. The molecule has 1 atom stereocenters. The normalized spacial score (nSPS) is 12.3. The lowest BCUT2D eigenvalue weighted by molar-refractivity contribution is 0.0691. The summed E-state index contributed by atoms with van der Waals surface area (Å²) in [7, 11) is 0. The number of hydrogen-bond acceptors (Lipinski definition) is 2. The highest BCUT2D eigenvalue weighted by Gasteiger charge is 2.19. The molecule has 76 valence electrons. The minimum absolute atomic E-state index is 0.152. The molecule has 0 N–H and O–H groups in total. The summed E-state index contributed by atoms with van der Waals surface area (Å²) in [6.45, 7) is 4.51. The third-order valence-electron chi connectivity index (χ3n) is 1.72. The number of nitrogens with zero attached hydrogens (tertiary/aromatic N) is 1. The van der Waals surface area contributed by atoms with Crippen molar-refractivity contribution >= 4 is 18.3 Å². The van der Waals surface area contributed by atoms with Gasteiger partial charge in [0.25, 0.3) is 0 Å². The zero-order chi connectivity index (χ0) is 10.7. The molecule has 14 heavy (non-hydrogen) atoms. The Balaban J connectivity index is 3.17. The van der Waals surface area contributed by atoms with Gasteiger partial charge in [0.2, 0.25) is 0 Å². The summed E-state index contributed by atoms with van der Waals surface area (Å²) >= 11 is 5.49. The van der Waals surface area contributed by atoms with Gasteiger partial charge in [-0.05, 0) is 19.1 Å². The van der Waals surface area contributed by atoms with Crippen LogP contribution in [0.15, 0.2) is 17.3 Å². The van der Waals surface area contributed by atoms with Crippen LogP contribution >= 0.6 is 11.6 Å². The van der Waals surface area contributed by atoms with E-state index in [0.29, 0.717) is 0 Å². The monoisotopic (exact) mass is 219 g/mol. The number of halogens is 3. The summed E-state index contributed by atoms with van der Waals surface area (Å²) in [5.74, 6) is -1.55. The molecule has 1 rings (SSSR count). The van der Waals surface area contributed by atoms with E-state index in [4.69, 9.17) is 11.6 Å². The second kappa shape index (κ2) is 4.37. The standard InChI is InChI=1S/C9H8ClF2NO/c1-5(14-13-2)8-7(11)4-3-6(10)9(8)12/h3-5H,2H2,1H3. The molecule has 0 bridgehead atoms. The number of benzene rings is 1. The fourth-order valence-electron chi connectivity index (χ4n) is 1.08. The third-order valence-corrected chi connectivity index (χ3v) is 2.01. The van der Waals surface area contributed by atoms with Crippen LogP contribution in [0.3, 0.4) is 0 Å².